The van der Waals surface area contributed by atoms with Crippen LogP contribution in [0.2, 0.25) is 0 Å². The summed E-state index contributed by atoms with van der Waals surface area (Å²) in [5.41, 5.74) is 5.59. The first kappa shape index (κ1) is 16.6. The van der Waals surface area contributed by atoms with Gasteiger partial charge in [-0.05, 0) is 52.3 Å². The number of amides is 1. The summed E-state index contributed by atoms with van der Waals surface area (Å²) in [6.45, 7) is 2.36. The number of likely N-dealkylation sites (N-methyl/N-ethyl adjacent to an activating group) is 1. The summed E-state index contributed by atoms with van der Waals surface area (Å²) in [5.74, 6) is 0.299. The summed E-state index contributed by atoms with van der Waals surface area (Å²) in [5, 5.41) is 2.59. The molecule has 2 nitrogen and oxygen atoms in total. The molecule has 2 aliphatic rings. The summed E-state index contributed by atoms with van der Waals surface area (Å²) in [6.07, 6.45) is 3.73. The van der Waals surface area contributed by atoms with Crippen LogP contribution < -0.4 is 0 Å². The van der Waals surface area contributed by atoms with Gasteiger partial charge in [-0.25, -0.2) is 0 Å². The molecule has 1 saturated heterocycles. The van der Waals surface area contributed by atoms with E-state index in [0.29, 0.717) is 18.4 Å². The molecule has 1 aliphatic carbocycles. The molecule has 3 aromatic rings. The van der Waals surface area contributed by atoms with Gasteiger partial charge in [0.2, 0.25) is 5.91 Å². The summed E-state index contributed by atoms with van der Waals surface area (Å²) in [4.78, 5) is 14.2. The Kier molecular flexibility index (Phi) is 3.65. The highest BCUT2D eigenvalue weighted by Crippen LogP contribution is 2.46. The second kappa shape index (κ2) is 5.95. The van der Waals surface area contributed by atoms with E-state index in [-0.39, 0.29) is 5.41 Å². The van der Waals surface area contributed by atoms with E-state index in [9.17, 15) is 4.79 Å². The second-order valence-electron chi connectivity index (χ2n) is 8.38. The van der Waals surface area contributed by atoms with Crippen LogP contribution in [0.3, 0.4) is 0 Å². The minimum Gasteiger partial charge on any atom is -0.342 e. The molecular weight excluding hydrogens is 330 g/mol. The smallest absolute Gasteiger partial charge is 0.222 e. The van der Waals surface area contributed by atoms with Gasteiger partial charge in [-0.2, -0.15) is 0 Å². The van der Waals surface area contributed by atoms with Gasteiger partial charge >= 0.3 is 0 Å². The maximum absolute atomic E-state index is 12.2. The predicted octanol–water partition coefficient (Wildman–Crippen LogP) is 5.33. The number of hydrogen-bond donors (Lipinski definition) is 0. The number of likely N-dealkylation sites (tertiary alicyclic amines) is 1. The van der Waals surface area contributed by atoms with E-state index in [1.54, 1.807) is 0 Å². The minimum atomic E-state index is 0.0769. The van der Waals surface area contributed by atoms with Gasteiger partial charge in [0, 0.05) is 24.9 Å². The lowest BCUT2D eigenvalue weighted by molar-refractivity contribution is -0.138. The standard InChI is InChI=1S/C25H25NO/c1-25-15-14-24(27)26(2)23(25)13-11-19-16-18(10-12-22(19)25)21-9-5-7-17-6-3-4-8-20(17)21/h3-10,12,16,23H,11,13-15H2,1-2H3/t23?,25-/m1/s1. The Labute approximate surface area is 160 Å². The summed E-state index contributed by atoms with van der Waals surface area (Å²) < 4.78 is 0. The van der Waals surface area contributed by atoms with Crippen molar-refractivity contribution < 1.29 is 4.79 Å². The Hall–Kier alpha value is -2.61. The SMILES string of the molecule is CN1C(=O)CC[C@]2(C)c3ccc(-c4cccc5ccccc45)cc3CCC12. The van der Waals surface area contributed by atoms with Crippen molar-refractivity contribution in [1.82, 2.24) is 4.90 Å². The molecular formula is C25H25NO. The number of carbonyl (C=O) groups is 1. The van der Waals surface area contributed by atoms with Gasteiger partial charge < -0.3 is 4.90 Å². The van der Waals surface area contributed by atoms with Gasteiger partial charge in [0.25, 0.3) is 0 Å². The molecule has 2 atom stereocenters. The van der Waals surface area contributed by atoms with Crippen LogP contribution >= 0.6 is 0 Å². The molecule has 0 saturated carbocycles. The maximum atomic E-state index is 12.2. The molecule has 0 bridgehead atoms. The van der Waals surface area contributed by atoms with Crippen LogP contribution in [0.25, 0.3) is 21.9 Å². The molecule has 2 heteroatoms. The third-order valence-electron chi connectivity index (χ3n) is 6.96. The van der Waals surface area contributed by atoms with E-state index in [2.05, 4.69) is 67.6 Å². The lowest BCUT2D eigenvalue weighted by Gasteiger charge is -2.50. The topological polar surface area (TPSA) is 20.3 Å². The van der Waals surface area contributed by atoms with E-state index < -0.39 is 0 Å². The predicted molar refractivity (Wildman–Crippen MR) is 111 cm³/mol. The Morgan fingerprint density at radius 1 is 1.00 bits per heavy atom. The van der Waals surface area contributed by atoms with E-state index in [1.165, 1.54) is 33.0 Å². The van der Waals surface area contributed by atoms with Crippen LogP contribution in [0.15, 0.2) is 60.7 Å². The molecule has 27 heavy (non-hydrogen) atoms. The van der Waals surface area contributed by atoms with E-state index in [0.717, 1.165) is 19.3 Å². The molecule has 0 radical (unpaired) electrons. The van der Waals surface area contributed by atoms with Crippen molar-refractivity contribution in [2.45, 2.75) is 44.1 Å². The molecule has 0 spiro atoms. The van der Waals surface area contributed by atoms with Crippen molar-refractivity contribution in [2.75, 3.05) is 7.05 Å². The lowest BCUT2D eigenvalue weighted by atomic mass is 9.63. The molecule has 136 valence electrons. The van der Waals surface area contributed by atoms with E-state index in [1.807, 2.05) is 11.9 Å². The zero-order valence-corrected chi connectivity index (χ0v) is 16.0. The van der Waals surface area contributed by atoms with Gasteiger partial charge in [-0.15, -0.1) is 0 Å². The van der Waals surface area contributed by atoms with Gasteiger partial charge in [0.05, 0.1) is 0 Å². The number of rotatable bonds is 1. The number of fused-ring (bicyclic) bond motifs is 4. The average Bonchev–Trinajstić information content (AvgIpc) is 2.70. The summed E-state index contributed by atoms with van der Waals surface area (Å²) in [7, 11) is 1.99. The number of nitrogens with zero attached hydrogens (tertiary/aromatic N) is 1. The first-order valence-electron chi connectivity index (χ1n) is 9.95. The second-order valence-corrected chi connectivity index (χ2v) is 8.38. The highest BCUT2D eigenvalue weighted by molar-refractivity contribution is 5.96. The third-order valence-corrected chi connectivity index (χ3v) is 6.96. The Balaban J connectivity index is 1.62. The average molecular weight is 355 g/mol. The normalized spacial score (nSPS) is 24.6. The van der Waals surface area contributed by atoms with E-state index >= 15 is 0 Å². The number of piperidine rings is 1. The van der Waals surface area contributed by atoms with Crippen LogP contribution in [-0.4, -0.2) is 23.9 Å². The molecule has 1 heterocycles. The molecule has 1 unspecified atom stereocenters. The van der Waals surface area contributed by atoms with E-state index in [4.69, 9.17) is 0 Å². The van der Waals surface area contributed by atoms with Crippen molar-refractivity contribution in [3.05, 3.63) is 71.8 Å². The molecule has 1 aliphatic heterocycles. The zero-order valence-electron chi connectivity index (χ0n) is 16.0. The number of benzene rings is 3. The fourth-order valence-electron chi connectivity index (χ4n) is 5.43. The molecule has 1 fully saturated rings. The van der Waals surface area contributed by atoms with Crippen LogP contribution in [-0.2, 0) is 16.6 Å². The zero-order chi connectivity index (χ0) is 18.6. The quantitative estimate of drug-likeness (QED) is 0.578. The molecule has 5 rings (SSSR count). The molecule has 0 N–H and O–H groups in total. The van der Waals surface area contributed by atoms with Crippen LogP contribution in [0.5, 0.6) is 0 Å². The maximum Gasteiger partial charge on any atom is 0.222 e. The molecule has 1 amide bonds. The Bertz CT molecular complexity index is 1050. The number of aryl methyl sites for hydroxylation is 1. The monoisotopic (exact) mass is 355 g/mol. The van der Waals surface area contributed by atoms with Crippen molar-refractivity contribution in [3.8, 4) is 11.1 Å². The lowest BCUT2D eigenvalue weighted by Crippen LogP contribution is -2.56. The van der Waals surface area contributed by atoms with Gasteiger partial charge in [0.1, 0.15) is 0 Å². The fourth-order valence-corrected chi connectivity index (χ4v) is 5.43. The largest absolute Gasteiger partial charge is 0.342 e. The number of carbonyl (C=O) groups excluding carboxylic acids is 1. The van der Waals surface area contributed by atoms with Crippen molar-refractivity contribution in [3.63, 3.8) is 0 Å². The third kappa shape index (κ3) is 2.43. The Morgan fingerprint density at radius 3 is 2.70 bits per heavy atom. The van der Waals surface area contributed by atoms with Gasteiger partial charge in [-0.1, -0.05) is 67.6 Å². The summed E-state index contributed by atoms with van der Waals surface area (Å²) in [6, 6.07) is 22.5. The number of hydrogen-bond acceptors (Lipinski definition) is 1. The van der Waals surface area contributed by atoms with Crippen LogP contribution in [0.1, 0.15) is 37.3 Å². The molecule has 3 aromatic carbocycles. The van der Waals surface area contributed by atoms with Crippen molar-refractivity contribution >= 4 is 16.7 Å². The van der Waals surface area contributed by atoms with Crippen molar-refractivity contribution in [2.24, 2.45) is 0 Å². The summed E-state index contributed by atoms with van der Waals surface area (Å²) >= 11 is 0. The van der Waals surface area contributed by atoms with Crippen LogP contribution in [0, 0.1) is 0 Å². The molecule has 0 aromatic heterocycles. The highest BCUT2D eigenvalue weighted by Gasteiger charge is 2.46. The van der Waals surface area contributed by atoms with Gasteiger partial charge in [0.15, 0.2) is 0 Å². The fraction of sp³-hybridized carbons (Fsp3) is 0.320. The first-order chi connectivity index (χ1) is 13.1. The minimum absolute atomic E-state index is 0.0769. The van der Waals surface area contributed by atoms with Gasteiger partial charge in [-0.3, -0.25) is 4.79 Å². The first-order valence-corrected chi connectivity index (χ1v) is 9.95. The highest BCUT2D eigenvalue weighted by atomic mass is 16.2. The van der Waals surface area contributed by atoms with Crippen LogP contribution in [0.4, 0.5) is 0 Å². The Morgan fingerprint density at radius 2 is 1.81 bits per heavy atom. The van der Waals surface area contributed by atoms with Crippen molar-refractivity contribution in [1.29, 1.82) is 0 Å².